The highest BCUT2D eigenvalue weighted by Gasteiger charge is 2.41. The Labute approximate surface area is 107 Å². The highest BCUT2D eigenvalue weighted by atomic mass is 16.5. The fourth-order valence-corrected chi connectivity index (χ4v) is 2.26. The van der Waals surface area contributed by atoms with E-state index in [1.54, 1.807) is 13.8 Å². The molecule has 0 unspecified atom stereocenters. The van der Waals surface area contributed by atoms with Gasteiger partial charge in [0.1, 0.15) is 0 Å². The summed E-state index contributed by atoms with van der Waals surface area (Å²) in [6.07, 6.45) is 1.03. The molecule has 0 bridgehead atoms. The van der Waals surface area contributed by atoms with Crippen molar-refractivity contribution < 1.29 is 14.6 Å². The number of carbonyl (C=O) groups excluding carboxylic acids is 1. The molecule has 96 valence electrons. The molecule has 1 fully saturated rings. The number of benzene rings is 1. The van der Waals surface area contributed by atoms with Crippen LogP contribution in [0.3, 0.4) is 0 Å². The monoisotopic (exact) mass is 246 g/mol. The fourth-order valence-electron chi connectivity index (χ4n) is 2.26. The summed E-state index contributed by atoms with van der Waals surface area (Å²) in [5.74, 6) is -0.275. The first-order valence-corrected chi connectivity index (χ1v) is 6.20. The van der Waals surface area contributed by atoms with Crippen LogP contribution in [0, 0.1) is 0 Å². The lowest BCUT2D eigenvalue weighted by molar-refractivity contribution is -0.138. The number of rotatable bonds is 3. The molecule has 0 spiro atoms. The number of esters is 1. The maximum atomic E-state index is 11.6. The summed E-state index contributed by atoms with van der Waals surface area (Å²) < 4.78 is 4.96. The molecule has 0 heterocycles. The van der Waals surface area contributed by atoms with Crippen LogP contribution in [0.15, 0.2) is 41.5 Å². The lowest BCUT2D eigenvalue weighted by Crippen LogP contribution is -2.37. The Hall–Kier alpha value is -1.61. The molecule has 1 N–H and O–H groups in total. The van der Waals surface area contributed by atoms with E-state index in [-0.39, 0.29) is 5.97 Å². The normalized spacial score (nSPS) is 22.3. The van der Waals surface area contributed by atoms with E-state index < -0.39 is 5.60 Å². The van der Waals surface area contributed by atoms with Gasteiger partial charge in [0.15, 0.2) is 0 Å². The first kappa shape index (κ1) is 12.8. The van der Waals surface area contributed by atoms with E-state index >= 15 is 0 Å². The van der Waals surface area contributed by atoms with Crippen molar-refractivity contribution in [2.24, 2.45) is 0 Å². The number of hydrogen-bond donors (Lipinski definition) is 1. The molecular formula is C15H18O3. The molecule has 3 nitrogen and oxygen atoms in total. The molecule has 1 aromatic carbocycles. The van der Waals surface area contributed by atoms with Crippen LogP contribution >= 0.6 is 0 Å². The number of hydrogen-bond acceptors (Lipinski definition) is 3. The molecular weight excluding hydrogens is 228 g/mol. The van der Waals surface area contributed by atoms with Gasteiger partial charge >= 0.3 is 5.97 Å². The van der Waals surface area contributed by atoms with Crippen molar-refractivity contribution in [2.75, 3.05) is 6.61 Å². The minimum Gasteiger partial charge on any atom is -0.463 e. The minimum absolute atomic E-state index is 0.275. The third kappa shape index (κ3) is 2.31. The number of aliphatic hydroxyl groups is 1. The van der Waals surface area contributed by atoms with Crippen LogP contribution < -0.4 is 0 Å². The van der Waals surface area contributed by atoms with E-state index in [2.05, 4.69) is 0 Å². The molecule has 0 radical (unpaired) electrons. The quantitative estimate of drug-likeness (QED) is 0.658. The zero-order valence-electron chi connectivity index (χ0n) is 10.8. The van der Waals surface area contributed by atoms with Gasteiger partial charge in [0, 0.05) is 18.4 Å². The van der Waals surface area contributed by atoms with Gasteiger partial charge in [-0.25, -0.2) is 4.79 Å². The summed E-state index contributed by atoms with van der Waals surface area (Å²) in [6, 6.07) is 9.57. The van der Waals surface area contributed by atoms with Gasteiger partial charge in [-0.15, -0.1) is 0 Å². The second-order valence-corrected chi connectivity index (χ2v) is 4.70. The highest BCUT2D eigenvalue weighted by Crippen LogP contribution is 2.46. The molecule has 0 amide bonds. The molecule has 2 rings (SSSR count). The van der Waals surface area contributed by atoms with E-state index in [4.69, 9.17) is 4.74 Å². The molecule has 1 aromatic rings. The van der Waals surface area contributed by atoms with Crippen LogP contribution in [0.25, 0.3) is 0 Å². The van der Waals surface area contributed by atoms with Crippen LogP contribution in [0.2, 0.25) is 0 Å². The van der Waals surface area contributed by atoms with E-state index in [9.17, 15) is 9.90 Å². The van der Waals surface area contributed by atoms with Crippen molar-refractivity contribution in [1.29, 1.82) is 0 Å². The lowest BCUT2D eigenvalue weighted by atomic mass is 9.70. The number of carbonyl (C=O) groups is 1. The van der Waals surface area contributed by atoms with Gasteiger partial charge in [0.25, 0.3) is 0 Å². The SMILES string of the molecule is CCOC(=O)C(C)=C1CC(O)(c2ccccc2)C1. The van der Waals surface area contributed by atoms with Crippen molar-refractivity contribution in [3.63, 3.8) is 0 Å². The Kier molecular flexibility index (Phi) is 3.53. The van der Waals surface area contributed by atoms with Crippen LogP contribution in [0.1, 0.15) is 32.3 Å². The lowest BCUT2D eigenvalue weighted by Gasteiger charge is -2.40. The third-order valence-electron chi connectivity index (χ3n) is 3.43. The van der Waals surface area contributed by atoms with Crippen molar-refractivity contribution in [2.45, 2.75) is 32.3 Å². The average Bonchev–Trinajstić information content (AvgIpc) is 2.35. The fraction of sp³-hybridized carbons (Fsp3) is 0.400. The van der Waals surface area contributed by atoms with Gasteiger partial charge in [0.2, 0.25) is 0 Å². The first-order valence-electron chi connectivity index (χ1n) is 6.20. The van der Waals surface area contributed by atoms with Crippen molar-refractivity contribution >= 4 is 5.97 Å². The smallest absolute Gasteiger partial charge is 0.333 e. The second kappa shape index (κ2) is 4.94. The molecule has 1 saturated carbocycles. The van der Waals surface area contributed by atoms with Crippen molar-refractivity contribution in [3.05, 3.63) is 47.0 Å². The summed E-state index contributed by atoms with van der Waals surface area (Å²) in [5.41, 5.74) is 1.72. The van der Waals surface area contributed by atoms with Gasteiger partial charge in [-0.2, -0.15) is 0 Å². The van der Waals surface area contributed by atoms with Gasteiger partial charge in [0.05, 0.1) is 12.2 Å². The van der Waals surface area contributed by atoms with Gasteiger partial charge in [-0.3, -0.25) is 0 Å². The van der Waals surface area contributed by atoms with Gasteiger partial charge < -0.3 is 9.84 Å². The summed E-state index contributed by atoms with van der Waals surface area (Å²) >= 11 is 0. The Morgan fingerprint density at radius 2 is 1.94 bits per heavy atom. The second-order valence-electron chi connectivity index (χ2n) is 4.70. The predicted molar refractivity (Wildman–Crippen MR) is 68.9 cm³/mol. The Balaban J connectivity index is 2.10. The van der Waals surface area contributed by atoms with E-state index in [1.165, 1.54) is 0 Å². The van der Waals surface area contributed by atoms with Gasteiger partial charge in [-0.1, -0.05) is 35.9 Å². The Morgan fingerprint density at radius 1 is 1.33 bits per heavy atom. The maximum absolute atomic E-state index is 11.6. The predicted octanol–water partition coefficient (Wildman–Crippen LogP) is 2.55. The zero-order valence-corrected chi connectivity index (χ0v) is 10.8. The van der Waals surface area contributed by atoms with Crippen molar-refractivity contribution in [1.82, 2.24) is 0 Å². The molecule has 0 aromatic heterocycles. The summed E-state index contributed by atoms with van der Waals surface area (Å²) in [5, 5.41) is 10.4. The molecule has 18 heavy (non-hydrogen) atoms. The Bertz CT molecular complexity index is 466. The third-order valence-corrected chi connectivity index (χ3v) is 3.43. The van der Waals surface area contributed by atoms with E-state index in [0.29, 0.717) is 25.0 Å². The molecule has 0 aliphatic heterocycles. The standard InChI is InChI=1S/C15H18O3/c1-3-18-14(16)11(2)12-9-15(17,10-12)13-7-5-4-6-8-13/h4-8,17H,3,9-10H2,1-2H3. The molecule has 1 aliphatic rings. The molecule has 0 saturated heterocycles. The van der Waals surface area contributed by atoms with Crippen LogP contribution in [0.4, 0.5) is 0 Å². The van der Waals surface area contributed by atoms with Crippen LogP contribution in [-0.2, 0) is 15.1 Å². The molecule has 1 aliphatic carbocycles. The van der Waals surface area contributed by atoms with Crippen LogP contribution in [0.5, 0.6) is 0 Å². The Morgan fingerprint density at radius 3 is 2.50 bits per heavy atom. The largest absolute Gasteiger partial charge is 0.463 e. The minimum atomic E-state index is -0.815. The topological polar surface area (TPSA) is 46.5 Å². The molecule has 3 heteroatoms. The maximum Gasteiger partial charge on any atom is 0.333 e. The summed E-state index contributed by atoms with van der Waals surface area (Å²) in [4.78, 5) is 11.6. The van der Waals surface area contributed by atoms with Gasteiger partial charge in [-0.05, 0) is 19.4 Å². The van der Waals surface area contributed by atoms with Crippen LogP contribution in [-0.4, -0.2) is 17.7 Å². The first-order chi connectivity index (χ1) is 8.57. The molecule has 0 atom stereocenters. The zero-order chi connectivity index (χ0) is 13.2. The summed E-state index contributed by atoms with van der Waals surface area (Å²) in [6.45, 7) is 3.93. The average molecular weight is 246 g/mol. The van der Waals surface area contributed by atoms with E-state index in [1.807, 2.05) is 30.3 Å². The van der Waals surface area contributed by atoms with E-state index in [0.717, 1.165) is 11.1 Å². The number of ether oxygens (including phenoxy) is 1. The van der Waals surface area contributed by atoms with Crippen molar-refractivity contribution in [3.8, 4) is 0 Å². The summed E-state index contributed by atoms with van der Waals surface area (Å²) in [7, 11) is 0. The highest BCUT2D eigenvalue weighted by molar-refractivity contribution is 5.89.